The molecule has 108 valence electrons. The Bertz CT molecular complexity index is 542. The van der Waals surface area contributed by atoms with Gasteiger partial charge in [-0.15, -0.1) is 0 Å². The molecule has 0 saturated heterocycles. The number of carbonyl (C=O) groups excluding carboxylic acids is 1. The van der Waals surface area contributed by atoms with Crippen molar-refractivity contribution in [1.82, 2.24) is 5.32 Å². The Morgan fingerprint density at radius 1 is 1.55 bits per heavy atom. The van der Waals surface area contributed by atoms with Crippen molar-refractivity contribution < 1.29 is 9.18 Å². The third kappa shape index (κ3) is 3.84. The van der Waals surface area contributed by atoms with Gasteiger partial charge in [0.2, 0.25) is 5.91 Å². The second kappa shape index (κ2) is 6.58. The van der Waals surface area contributed by atoms with Crippen LogP contribution in [0.15, 0.2) is 18.2 Å². The number of nitriles is 1. The molecule has 0 aromatic heterocycles. The molecule has 0 spiro atoms. The summed E-state index contributed by atoms with van der Waals surface area (Å²) in [6.45, 7) is 5.19. The molecule has 0 aliphatic heterocycles. The van der Waals surface area contributed by atoms with Gasteiger partial charge in [0.05, 0.1) is 23.3 Å². The van der Waals surface area contributed by atoms with Crippen LogP contribution in [0, 0.1) is 23.1 Å². The molecule has 0 fully saturated rings. The molecule has 6 heteroatoms. The van der Waals surface area contributed by atoms with E-state index >= 15 is 0 Å². The van der Waals surface area contributed by atoms with Crippen LogP contribution in [0.25, 0.3) is 0 Å². The number of amides is 1. The number of hydrogen-bond acceptors (Lipinski definition) is 3. The first-order chi connectivity index (χ1) is 9.30. The number of benzene rings is 1. The van der Waals surface area contributed by atoms with E-state index in [1.807, 2.05) is 13.8 Å². The van der Waals surface area contributed by atoms with E-state index in [1.165, 1.54) is 12.1 Å². The van der Waals surface area contributed by atoms with Gasteiger partial charge in [0.1, 0.15) is 5.54 Å². The summed E-state index contributed by atoms with van der Waals surface area (Å²) in [7, 11) is 0. The number of anilines is 1. The summed E-state index contributed by atoms with van der Waals surface area (Å²) in [5.41, 5.74) is -0.804. The number of nitrogens with zero attached hydrogens (tertiary/aromatic N) is 1. The van der Waals surface area contributed by atoms with Gasteiger partial charge in [0, 0.05) is 0 Å². The number of hydrogen-bond donors (Lipinski definition) is 2. The maximum absolute atomic E-state index is 13.6. The molecule has 2 N–H and O–H groups in total. The highest BCUT2D eigenvalue weighted by Crippen LogP contribution is 2.21. The highest BCUT2D eigenvalue weighted by Gasteiger charge is 2.29. The van der Waals surface area contributed by atoms with Crippen LogP contribution in [0.1, 0.15) is 20.8 Å². The van der Waals surface area contributed by atoms with E-state index in [4.69, 9.17) is 16.9 Å². The van der Waals surface area contributed by atoms with E-state index in [1.54, 1.807) is 13.0 Å². The Labute approximate surface area is 122 Å². The summed E-state index contributed by atoms with van der Waals surface area (Å²) in [6, 6.07) is 6.57. The summed E-state index contributed by atoms with van der Waals surface area (Å²) in [5.74, 6) is -1.03. The van der Waals surface area contributed by atoms with E-state index in [2.05, 4.69) is 16.7 Å². The zero-order chi connectivity index (χ0) is 15.3. The van der Waals surface area contributed by atoms with E-state index in [9.17, 15) is 9.18 Å². The van der Waals surface area contributed by atoms with Crippen LogP contribution < -0.4 is 10.6 Å². The molecule has 0 aliphatic carbocycles. The average Bonchev–Trinajstić information content (AvgIpc) is 2.40. The molecule has 20 heavy (non-hydrogen) atoms. The SMILES string of the molecule is CC(C)C(C)(C#N)NC(=O)CNc1cccc(Cl)c1F. The second-order valence-corrected chi connectivity index (χ2v) is 5.38. The van der Waals surface area contributed by atoms with Gasteiger partial charge in [-0.1, -0.05) is 31.5 Å². The van der Waals surface area contributed by atoms with Crippen molar-refractivity contribution in [2.45, 2.75) is 26.3 Å². The molecular weight excluding hydrogens is 281 g/mol. The van der Waals surface area contributed by atoms with Gasteiger partial charge in [0.15, 0.2) is 5.82 Å². The zero-order valence-corrected chi connectivity index (χ0v) is 12.4. The minimum absolute atomic E-state index is 0.0144. The molecule has 4 nitrogen and oxygen atoms in total. The van der Waals surface area contributed by atoms with Gasteiger partial charge in [-0.05, 0) is 25.0 Å². The van der Waals surface area contributed by atoms with Crippen molar-refractivity contribution in [2.24, 2.45) is 5.92 Å². The quantitative estimate of drug-likeness (QED) is 0.878. The van der Waals surface area contributed by atoms with Crippen molar-refractivity contribution >= 4 is 23.2 Å². The first-order valence-corrected chi connectivity index (χ1v) is 6.58. The summed E-state index contributed by atoms with van der Waals surface area (Å²) < 4.78 is 13.6. The first kappa shape index (κ1) is 16.3. The van der Waals surface area contributed by atoms with Crippen LogP contribution >= 0.6 is 11.6 Å². The normalized spacial score (nSPS) is 13.4. The van der Waals surface area contributed by atoms with Crippen LogP contribution in [0.4, 0.5) is 10.1 Å². The van der Waals surface area contributed by atoms with E-state index in [0.29, 0.717) is 0 Å². The molecule has 1 unspecified atom stereocenters. The predicted molar refractivity (Wildman–Crippen MR) is 76.9 cm³/mol. The third-order valence-electron chi connectivity index (χ3n) is 3.18. The topological polar surface area (TPSA) is 64.9 Å². The lowest BCUT2D eigenvalue weighted by molar-refractivity contribution is -0.121. The molecular formula is C14H17ClFN3O. The highest BCUT2D eigenvalue weighted by atomic mass is 35.5. The minimum Gasteiger partial charge on any atom is -0.374 e. The molecule has 0 saturated carbocycles. The lowest BCUT2D eigenvalue weighted by Crippen LogP contribution is -2.50. The molecule has 1 aromatic carbocycles. The van der Waals surface area contributed by atoms with Gasteiger partial charge < -0.3 is 10.6 Å². The van der Waals surface area contributed by atoms with Crippen molar-refractivity contribution in [3.05, 3.63) is 29.0 Å². The Balaban J connectivity index is 2.65. The fraction of sp³-hybridized carbons (Fsp3) is 0.429. The molecule has 1 amide bonds. The van der Waals surface area contributed by atoms with Gasteiger partial charge in [-0.25, -0.2) is 4.39 Å². The molecule has 0 bridgehead atoms. The Morgan fingerprint density at radius 2 is 2.20 bits per heavy atom. The first-order valence-electron chi connectivity index (χ1n) is 6.20. The Kier molecular flexibility index (Phi) is 5.34. The molecule has 0 radical (unpaired) electrons. The summed E-state index contributed by atoms with van der Waals surface area (Å²) in [5, 5.41) is 14.4. The maximum atomic E-state index is 13.6. The highest BCUT2D eigenvalue weighted by molar-refractivity contribution is 6.31. The smallest absolute Gasteiger partial charge is 0.240 e. The van der Waals surface area contributed by atoms with Crippen LogP contribution in [-0.4, -0.2) is 18.0 Å². The van der Waals surface area contributed by atoms with Gasteiger partial charge in [-0.2, -0.15) is 5.26 Å². The molecule has 1 atom stereocenters. The standard InChI is InChI=1S/C14H17ClFN3O/c1-9(2)14(3,8-17)19-12(20)7-18-11-6-4-5-10(15)13(11)16/h4-6,9,18H,7H2,1-3H3,(H,19,20). The van der Waals surface area contributed by atoms with Crippen molar-refractivity contribution in [3.8, 4) is 6.07 Å². The average molecular weight is 298 g/mol. The van der Waals surface area contributed by atoms with Gasteiger partial charge in [-0.3, -0.25) is 4.79 Å². The van der Waals surface area contributed by atoms with Crippen molar-refractivity contribution in [1.29, 1.82) is 5.26 Å². The van der Waals surface area contributed by atoms with Crippen LogP contribution in [-0.2, 0) is 4.79 Å². The fourth-order valence-electron chi connectivity index (χ4n) is 1.45. The minimum atomic E-state index is -0.953. The zero-order valence-electron chi connectivity index (χ0n) is 11.6. The van der Waals surface area contributed by atoms with Crippen molar-refractivity contribution in [2.75, 3.05) is 11.9 Å². The summed E-state index contributed by atoms with van der Waals surface area (Å²) in [4.78, 5) is 11.8. The lowest BCUT2D eigenvalue weighted by Gasteiger charge is -2.27. The van der Waals surface area contributed by atoms with Gasteiger partial charge in [0.25, 0.3) is 0 Å². The van der Waals surface area contributed by atoms with Crippen molar-refractivity contribution in [3.63, 3.8) is 0 Å². The second-order valence-electron chi connectivity index (χ2n) is 4.97. The predicted octanol–water partition coefficient (Wildman–Crippen LogP) is 2.95. The monoisotopic (exact) mass is 297 g/mol. The fourth-order valence-corrected chi connectivity index (χ4v) is 1.63. The van der Waals surface area contributed by atoms with Crippen LogP contribution in [0.5, 0.6) is 0 Å². The Hall–Kier alpha value is -1.80. The van der Waals surface area contributed by atoms with E-state index in [0.717, 1.165) is 0 Å². The van der Waals surface area contributed by atoms with Crippen LogP contribution in [0.2, 0.25) is 5.02 Å². The number of carbonyl (C=O) groups is 1. The third-order valence-corrected chi connectivity index (χ3v) is 3.47. The molecule has 0 heterocycles. The number of nitrogens with one attached hydrogen (secondary N) is 2. The number of rotatable bonds is 5. The molecule has 1 aromatic rings. The number of halogens is 2. The largest absolute Gasteiger partial charge is 0.374 e. The van der Waals surface area contributed by atoms with Crippen LogP contribution in [0.3, 0.4) is 0 Å². The Morgan fingerprint density at radius 3 is 2.75 bits per heavy atom. The summed E-state index contributed by atoms with van der Waals surface area (Å²) in [6.07, 6.45) is 0. The maximum Gasteiger partial charge on any atom is 0.240 e. The summed E-state index contributed by atoms with van der Waals surface area (Å²) >= 11 is 5.64. The van der Waals surface area contributed by atoms with E-state index in [-0.39, 0.29) is 29.1 Å². The lowest BCUT2D eigenvalue weighted by atomic mass is 9.90. The molecule has 1 rings (SSSR count). The van der Waals surface area contributed by atoms with Gasteiger partial charge >= 0.3 is 0 Å². The van der Waals surface area contributed by atoms with E-state index < -0.39 is 11.4 Å². The molecule has 0 aliphatic rings.